The van der Waals surface area contributed by atoms with Gasteiger partial charge in [0.2, 0.25) is 5.91 Å². The number of nitriles is 1. The lowest BCUT2D eigenvalue weighted by Gasteiger charge is -2.36. The number of para-hydroxylation sites is 1. The Kier molecular flexibility index (Phi) is 5.37. The van der Waals surface area contributed by atoms with E-state index in [9.17, 15) is 10.1 Å². The van der Waals surface area contributed by atoms with Crippen molar-refractivity contribution in [2.45, 2.75) is 0 Å². The number of rotatable bonds is 3. The SMILES string of the molecule is N#Cc1ccccc1N1CCN(C(=O)/C=C/c2cccc(Cl)c2)CC1. The van der Waals surface area contributed by atoms with Crippen molar-refractivity contribution in [3.63, 3.8) is 0 Å². The van der Waals surface area contributed by atoms with Gasteiger partial charge in [0.1, 0.15) is 6.07 Å². The van der Waals surface area contributed by atoms with Crippen LogP contribution in [0.1, 0.15) is 11.1 Å². The number of carbonyl (C=O) groups is 1. The summed E-state index contributed by atoms with van der Waals surface area (Å²) < 4.78 is 0. The molecule has 3 rings (SSSR count). The molecule has 0 bridgehead atoms. The summed E-state index contributed by atoms with van der Waals surface area (Å²) in [7, 11) is 0. The summed E-state index contributed by atoms with van der Waals surface area (Å²) in [5.74, 6) is -0.00630. The molecule has 0 unspecified atom stereocenters. The molecule has 0 spiro atoms. The van der Waals surface area contributed by atoms with Gasteiger partial charge in [0.15, 0.2) is 0 Å². The topological polar surface area (TPSA) is 47.3 Å². The highest BCUT2D eigenvalue weighted by Gasteiger charge is 2.21. The normalized spacial score (nSPS) is 14.6. The summed E-state index contributed by atoms with van der Waals surface area (Å²) >= 11 is 5.95. The van der Waals surface area contributed by atoms with E-state index in [1.807, 2.05) is 47.4 Å². The first-order valence-corrected chi connectivity index (χ1v) is 8.52. The van der Waals surface area contributed by atoms with Gasteiger partial charge in [-0.25, -0.2) is 0 Å². The van der Waals surface area contributed by atoms with Gasteiger partial charge in [-0.1, -0.05) is 35.9 Å². The van der Waals surface area contributed by atoms with Crippen LogP contribution in [0, 0.1) is 11.3 Å². The van der Waals surface area contributed by atoms with Gasteiger partial charge in [0, 0.05) is 37.3 Å². The van der Waals surface area contributed by atoms with E-state index in [1.54, 1.807) is 18.2 Å². The Morgan fingerprint density at radius 3 is 2.56 bits per heavy atom. The molecule has 1 fully saturated rings. The Labute approximate surface area is 152 Å². The number of nitrogens with zero attached hydrogens (tertiary/aromatic N) is 3. The number of carbonyl (C=O) groups excluding carboxylic acids is 1. The van der Waals surface area contributed by atoms with Gasteiger partial charge in [-0.15, -0.1) is 0 Å². The highest BCUT2D eigenvalue weighted by molar-refractivity contribution is 6.30. The lowest BCUT2D eigenvalue weighted by atomic mass is 10.1. The maximum Gasteiger partial charge on any atom is 0.246 e. The lowest BCUT2D eigenvalue weighted by molar-refractivity contribution is -0.126. The maximum absolute atomic E-state index is 12.4. The Morgan fingerprint density at radius 1 is 1.08 bits per heavy atom. The minimum atomic E-state index is -0.00630. The van der Waals surface area contributed by atoms with Gasteiger partial charge < -0.3 is 9.80 Å². The molecule has 0 aliphatic carbocycles. The Bertz CT molecular complexity index is 833. The van der Waals surface area contributed by atoms with Gasteiger partial charge in [0.25, 0.3) is 0 Å². The van der Waals surface area contributed by atoms with Crippen LogP contribution >= 0.6 is 11.6 Å². The zero-order valence-corrected chi connectivity index (χ0v) is 14.5. The quantitative estimate of drug-likeness (QED) is 0.794. The Hall–Kier alpha value is -2.77. The van der Waals surface area contributed by atoms with Crippen LogP contribution in [0.2, 0.25) is 5.02 Å². The molecule has 1 saturated heterocycles. The highest BCUT2D eigenvalue weighted by Crippen LogP contribution is 2.21. The Balaban J connectivity index is 1.60. The molecule has 1 amide bonds. The molecule has 2 aromatic rings. The summed E-state index contributed by atoms with van der Waals surface area (Å²) in [5.41, 5.74) is 2.51. The van der Waals surface area contributed by atoms with Crippen LogP contribution in [-0.4, -0.2) is 37.0 Å². The fraction of sp³-hybridized carbons (Fsp3) is 0.200. The zero-order chi connectivity index (χ0) is 17.6. The number of halogens is 1. The second-order valence-corrected chi connectivity index (χ2v) is 6.27. The highest BCUT2D eigenvalue weighted by atomic mass is 35.5. The molecule has 1 aliphatic heterocycles. The maximum atomic E-state index is 12.4. The molecule has 0 radical (unpaired) electrons. The molecule has 0 aromatic heterocycles. The largest absolute Gasteiger partial charge is 0.367 e. The predicted octanol–water partition coefficient (Wildman–Crippen LogP) is 3.57. The van der Waals surface area contributed by atoms with E-state index >= 15 is 0 Å². The average Bonchev–Trinajstić information content (AvgIpc) is 2.66. The number of amides is 1. The summed E-state index contributed by atoms with van der Waals surface area (Å²) in [6.07, 6.45) is 3.37. The number of anilines is 1. The zero-order valence-electron chi connectivity index (χ0n) is 13.7. The van der Waals surface area contributed by atoms with Crippen molar-refractivity contribution in [1.82, 2.24) is 4.90 Å². The molecule has 25 heavy (non-hydrogen) atoms. The minimum Gasteiger partial charge on any atom is -0.367 e. The van der Waals surface area contributed by atoms with Crippen molar-refractivity contribution in [1.29, 1.82) is 5.26 Å². The fourth-order valence-corrected chi connectivity index (χ4v) is 3.09. The van der Waals surface area contributed by atoms with E-state index in [-0.39, 0.29) is 5.91 Å². The second-order valence-electron chi connectivity index (χ2n) is 5.83. The first-order valence-electron chi connectivity index (χ1n) is 8.14. The van der Waals surface area contributed by atoms with Crippen molar-refractivity contribution in [3.8, 4) is 6.07 Å². The number of benzene rings is 2. The summed E-state index contributed by atoms with van der Waals surface area (Å²) in [5, 5.41) is 9.88. The van der Waals surface area contributed by atoms with Crippen molar-refractivity contribution < 1.29 is 4.79 Å². The van der Waals surface area contributed by atoms with Crippen molar-refractivity contribution in [2.24, 2.45) is 0 Å². The van der Waals surface area contributed by atoms with Crippen molar-refractivity contribution >= 4 is 29.3 Å². The van der Waals surface area contributed by atoms with Crippen LogP contribution in [0.4, 0.5) is 5.69 Å². The third-order valence-corrected chi connectivity index (χ3v) is 4.46. The molecule has 5 heteroatoms. The molecular formula is C20H18ClN3O. The van der Waals surface area contributed by atoms with Gasteiger partial charge >= 0.3 is 0 Å². The number of piperazine rings is 1. The standard InChI is InChI=1S/C20H18ClN3O/c21-18-6-3-4-16(14-18)8-9-20(25)24-12-10-23(11-13-24)19-7-2-1-5-17(19)15-22/h1-9,14H,10-13H2/b9-8+. The van der Waals surface area contributed by atoms with Crippen LogP contribution in [0.5, 0.6) is 0 Å². The van der Waals surface area contributed by atoms with Crippen LogP contribution < -0.4 is 4.90 Å². The van der Waals surface area contributed by atoms with Gasteiger partial charge in [-0.3, -0.25) is 4.79 Å². The molecule has 2 aromatic carbocycles. The third-order valence-electron chi connectivity index (χ3n) is 4.22. The van der Waals surface area contributed by atoms with E-state index < -0.39 is 0 Å². The number of hydrogen-bond acceptors (Lipinski definition) is 3. The second kappa shape index (κ2) is 7.87. The van der Waals surface area contributed by atoms with Crippen LogP contribution in [-0.2, 0) is 4.79 Å². The molecule has 1 heterocycles. The summed E-state index contributed by atoms with van der Waals surface area (Å²) in [4.78, 5) is 16.3. The molecule has 4 nitrogen and oxygen atoms in total. The Morgan fingerprint density at radius 2 is 1.84 bits per heavy atom. The van der Waals surface area contributed by atoms with Crippen LogP contribution in [0.3, 0.4) is 0 Å². The molecule has 1 aliphatic rings. The van der Waals surface area contributed by atoms with Crippen LogP contribution in [0.25, 0.3) is 6.08 Å². The fourth-order valence-electron chi connectivity index (χ4n) is 2.89. The summed E-state index contributed by atoms with van der Waals surface area (Å²) in [6.45, 7) is 2.71. The van der Waals surface area contributed by atoms with Gasteiger partial charge in [-0.2, -0.15) is 5.26 Å². The molecule has 0 saturated carbocycles. The van der Waals surface area contributed by atoms with E-state index in [0.717, 1.165) is 24.3 Å². The van der Waals surface area contributed by atoms with E-state index in [1.165, 1.54) is 0 Å². The first kappa shape index (κ1) is 17.1. The van der Waals surface area contributed by atoms with E-state index in [2.05, 4.69) is 11.0 Å². The molecule has 0 atom stereocenters. The van der Waals surface area contributed by atoms with Crippen molar-refractivity contribution in [3.05, 3.63) is 70.8 Å². The van der Waals surface area contributed by atoms with Crippen LogP contribution in [0.15, 0.2) is 54.6 Å². The smallest absolute Gasteiger partial charge is 0.246 e. The monoisotopic (exact) mass is 351 g/mol. The predicted molar refractivity (Wildman–Crippen MR) is 100 cm³/mol. The molecule has 0 N–H and O–H groups in total. The van der Waals surface area contributed by atoms with E-state index in [0.29, 0.717) is 23.7 Å². The van der Waals surface area contributed by atoms with Gasteiger partial charge in [-0.05, 0) is 35.9 Å². The minimum absolute atomic E-state index is 0.00630. The summed E-state index contributed by atoms with van der Waals surface area (Å²) in [6, 6.07) is 17.2. The lowest BCUT2D eigenvalue weighted by Crippen LogP contribution is -2.48. The van der Waals surface area contributed by atoms with Crippen molar-refractivity contribution in [2.75, 3.05) is 31.1 Å². The first-order chi connectivity index (χ1) is 12.2. The third kappa shape index (κ3) is 4.20. The molecule has 126 valence electrons. The van der Waals surface area contributed by atoms with Gasteiger partial charge in [0.05, 0.1) is 11.3 Å². The average molecular weight is 352 g/mol. The number of hydrogen-bond donors (Lipinski definition) is 0. The molecular weight excluding hydrogens is 334 g/mol. The van der Waals surface area contributed by atoms with E-state index in [4.69, 9.17) is 11.6 Å².